The predicted molar refractivity (Wildman–Crippen MR) is 68.6 cm³/mol. The number of nitrogens with two attached hydrogens (primary N) is 1. The van der Waals surface area contributed by atoms with Gasteiger partial charge in [-0.25, -0.2) is 4.99 Å². The molecule has 1 rings (SSSR count). The molecule has 0 fully saturated rings. The third kappa shape index (κ3) is 4.26. The number of aliphatic imine (C=N–C) groups is 1. The van der Waals surface area contributed by atoms with Crippen molar-refractivity contribution in [3.8, 4) is 0 Å². The maximum atomic E-state index is 5.70. The van der Waals surface area contributed by atoms with E-state index in [-0.39, 0.29) is 0 Å². The molecule has 1 heterocycles. The predicted octanol–water partition coefficient (Wildman–Crippen LogP) is 0.587. The molecule has 0 atom stereocenters. The Morgan fingerprint density at radius 2 is 2.24 bits per heavy atom. The highest BCUT2D eigenvalue weighted by Gasteiger charge is 2.05. The minimum atomic E-state index is 0.401. The summed E-state index contributed by atoms with van der Waals surface area (Å²) in [5.41, 5.74) is 8.46. The van der Waals surface area contributed by atoms with Crippen molar-refractivity contribution in [3.05, 3.63) is 23.5 Å². The fraction of sp³-hybridized carbons (Fsp3) is 0.545. The minimum absolute atomic E-state index is 0.401. The van der Waals surface area contributed by atoms with E-state index in [0.29, 0.717) is 19.0 Å². The van der Waals surface area contributed by atoms with Gasteiger partial charge in [-0.1, -0.05) is 12.2 Å². The summed E-state index contributed by atoms with van der Waals surface area (Å²) in [6.45, 7) is 11.5. The van der Waals surface area contributed by atoms with Crippen LogP contribution < -0.4 is 11.1 Å². The monoisotopic (exact) mass is 236 g/mol. The summed E-state index contributed by atoms with van der Waals surface area (Å²) < 4.78 is 0. The maximum absolute atomic E-state index is 5.70. The van der Waals surface area contributed by atoms with Crippen LogP contribution in [0.1, 0.15) is 25.2 Å². The first kappa shape index (κ1) is 13.2. The van der Waals surface area contributed by atoms with Crippen molar-refractivity contribution < 1.29 is 0 Å². The summed E-state index contributed by atoms with van der Waals surface area (Å²) in [6.07, 6.45) is 0. The molecule has 0 aromatic carbocycles. The molecule has 3 N–H and O–H groups in total. The van der Waals surface area contributed by atoms with E-state index in [4.69, 9.17) is 5.73 Å². The van der Waals surface area contributed by atoms with Crippen molar-refractivity contribution in [2.75, 3.05) is 6.54 Å². The molecule has 0 aliphatic rings. The Balaban J connectivity index is 2.55. The molecule has 0 aliphatic heterocycles. The summed E-state index contributed by atoms with van der Waals surface area (Å²) in [7, 11) is 0. The lowest BCUT2D eigenvalue weighted by molar-refractivity contribution is 0.561. The number of nitrogens with one attached hydrogen (secondary N) is 1. The van der Waals surface area contributed by atoms with Gasteiger partial charge < -0.3 is 11.1 Å². The normalized spacial score (nSPS) is 11.6. The standard InChI is InChI=1S/C11H20N6/c1-5-17-15-9(4)10(16-17)7-14-11(12)13-6-8(2)3/h2,5-7H2,1,3-4H3,(H3,12,13,14). The molecule has 0 saturated carbocycles. The number of hydrogen-bond acceptors (Lipinski definition) is 3. The van der Waals surface area contributed by atoms with E-state index in [1.165, 1.54) is 0 Å². The van der Waals surface area contributed by atoms with Crippen molar-refractivity contribution in [3.63, 3.8) is 0 Å². The van der Waals surface area contributed by atoms with Gasteiger partial charge in [0.25, 0.3) is 0 Å². The van der Waals surface area contributed by atoms with Crippen LogP contribution in [0.15, 0.2) is 17.1 Å². The number of aryl methyl sites for hydroxylation is 2. The van der Waals surface area contributed by atoms with Gasteiger partial charge in [-0.05, 0) is 20.8 Å². The second kappa shape index (κ2) is 6.03. The van der Waals surface area contributed by atoms with Crippen molar-refractivity contribution in [2.45, 2.75) is 33.9 Å². The molecule has 0 amide bonds. The molecule has 0 radical (unpaired) electrons. The van der Waals surface area contributed by atoms with Crippen LogP contribution in [0.3, 0.4) is 0 Å². The molecule has 0 spiro atoms. The van der Waals surface area contributed by atoms with Crippen LogP contribution in [0.2, 0.25) is 0 Å². The zero-order valence-electron chi connectivity index (χ0n) is 10.7. The molecule has 6 heteroatoms. The van der Waals surface area contributed by atoms with E-state index >= 15 is 0 Å². The smallest absolute Gasteiger partial charge is 0.189 e. The summed E-state index contributed by atoms with van der Waals surface area (Å²) >= 11 is 0. The summed E-state index contributed by atoms with van der Waals surface area (Å²) in [4.78, 5) is 5.85. The minimum Gasteiger partial charge on any atom is -0.370 e. The van der Waals surface area contributed by atoms with E-state index < -0.39 is 0 Å². The van der Waals surface area contributed by atoms with Crippen LogP contribution >= 0.6 is 0 Å². The van der Waals surface area contributed by atoms with Gasteiger partial charge >= 0.3 is 0 Å². The highest BCUT2D eigenvalue weighted by Crippen LogP contribution is 2.02. The Morgan fingerprint density at radius 1 is 1.53 bits per heavy atom. The van der Waals surface area contributed by atoms with E-state index in [1.807, 2.05) is 20.8 Å². The Morgan fingerprint density at radius 3 is 2.76 bits per heavy atom. The zero-order valence-corrected chi connectivity index (χ0v) is 10.7. The van der Waals surface area contributed by atoms with Gasteiger partial charge in [0.2, 0.25) is 0 Å². The number of hydrogen-bond donors (Lipinski definition) is 2. The molecule has 0 bridgehead atoms. The summed E-state index contributed by atoms with van der Waals surface area (Å²) in [5.74, 6) is 0.401. The fourth-order valence-electron chi connectivity index (χ4n) is 1.21. The molecule has 94 valence electrons. The molecule has 0 saturated heterocycles. The Labute approximate surface area is 102 Å². The van der Waals surface area contributed by atoms with Crippen LogP contribution in [0.4, 0.5) is 0 Å². The lowest BCUT2D eigenvalue weighted by atomic mass is 10.3. The molecule has 0 unspecified atom stereocenters. The van der Waals surface area contributed by atoms with E-state index in [1.54, 1.807) is 4.80 Å². The van der Waals surface area contributed by atoms with Gasteiger partial charge in [0.1, 0.15) is 5.69 Å². The second-order valence-electron chi connectivity index (χ2n) is 3.93. The first-order valence-electron chi connectivity index (χ1n) is 5.61. The number of aromatic nitrogens is 3. The third-order valence-corrected chi connectivity index (χ3v) is 2.17. The first-order chi connectivity index (χ1) is 8.02. The molecule has 1 aromatic heterocycles. The van der Waals surface area contributed by atoms with Crippen LogP contribution in [-0.2, 0) is 13.1 Å². The van der Waals surface area contributed by atoms with Crippen molar-refractivity contribution >= 4 is 5.96 Å². The van der Waals surface area contributed by atoms with Crippen molar-refractivity contribution in [1.29, 1.82) is 0 Å². The maximum Gasteiger partial charge on any atom is 0.189 e. The topological polar surface area (TPSA) is 81.1 Å². The lowest BCUT2D eigenvalue weighted by Crippen LogP contribution is -2.32. The van der Waals surface area contributed by atoms with Gasteiger partial charge in [0.05, 0.1) is 18.8 Å². The van der Waals surface area contributed by atoms with Gasteiger partial charge in [0.15, 0.2) is 5.96 Å². The molecule has 6 nitrogen and oxygen atoms in total. The Kier molecular flexibility index (Phi) is 4.68. The van der Waals surface area contributed by atoms with E-state index in [2.05, 4.69) is 27.1 Å². The molecule has 1 aromatic rings. The van der Waals surface area contributed by atoms with Gasteiger partial charge in [-0.3, -0.25) is 0 Å². The van der Waals surface area contributed by atoms with Crippen LogP contribution in [-0.4, -0.2) is 27.5 Å². The average Bonchev–Trinajstić information content (AvgIpc) is 2.64. The zero-order chi connectivity index (χ0) is 12.8. The summed E-state index contributed by atoms with van der Waals surface area (Å²) in [5, 5.41) is 11.5. The van der Waals surface area contributed by atoms with Gasteiger partial charge in [-0.15, -0.1) is 0 Å². The van der Waals surface area contributed by atoms with Crippen LogP contribution in [0.25, 0.3) is 0 Å². The molecule has 0 aliphatic carbocycles. The Bertz CT molecular complexity index is 418. The average molecular weight is 236 g/mol. The van der Waals surface area contributed by atoms with E-state index in [0.717, 1.165) is 23.5 Å². The Hall–Kier alpha value is -1.85. The number of rotatable bonds is 5. The quantitative estimate of drug-likeness (QED) is 0.445. The highest BCUT2D eigenvalue weighted by molar-refractivity contribution is 5.78. The third-order valence-electron chi connectivity index (χ3n) is 2.17. The van der Waals surface area contributed by atoms with Crippen molar-refractivity contribution in [2.24, 2.45) is 10.7 Å². The number of guanidine groups is 1. The largest absolute Gasteiger partial charge is 0.370 e. The molecular formula is C11H20N6. The number of nitrogens with zero attached hydrogens (tertiary/aromatic N) is 4. The first-order valence-corrected chi connectivity index (χ1v) is 5.61. The molecule has 17 heavy (non-hydrogen) atoms. The second-order valence-corrected chi connectivity index (χ2v) is 3.93. The SMILES string of the molecule is C=C(C)CNC(N)=NCc1nn(CC)nc1C. The van der Waals surface area contributed by atoms with E-state index in [9.17, 15) is 0 Å². The molecular weight excluding hydrogens is 216 g/mol. The van der Waals surface area contributed by atoms with Crippen LogP contribution in [0.5, 0.6) is 0 Å². The van der Waals surface area contributed by atoms with Gasteiger partial charge in [0, 0.05) is 6.54 Å². The van der Waals surface area contributed by atoms with Crippen molar-refractivity contribution in [1.82, 2.24) is 20.3 Å². The fourth-order valence-corrected chi connectivity index (χ4v) is 1.21. The highest BCUT2D eigenvalue weighted by atomic mass is 15.5. The summed E-state index contributed by atoms with van der Waals surface area (Å²) in [6, 6.07) is 0. The van der Waals surface area contributed by atoms with Crippen LogP contribution in [0, 0.1) is 6.92 Å². The lowest BCUT2D eigenvalue weighted by Gasteiger charge is -2.03. The van der Waals surface area contributed by atoms with Gasteiger partial charge in [-0.2, -0.15) is 15.0 Å².